The standard InChI is InChI=1S/C16H11NO3S/c18-15(14-4-2-10-21-14)11-5-7-12(8-6-11)17-16(19)13-3-1-9-20-13/h1-10H,(H,17,19). The topological polar surface area (TPSA) is 59.3 Å². The van der Waals surface area contributed by atoms with Crippen molar-refractivity contribution in [1.82, 2.24) is 0 Å². The summed E-state index contributed by atoms with van der Waals surface area (Å²) in [6.07, 6.45) is 1.44. The molecular formula is C16H11NO3S. The molecule has 0 atom stereocenters. The highest BCUT2D eigenvalue weighted by Gasteiger charge is 2.11. The van der Waals surface area contributed by atoms with E-state index >= 15 is 0 Å². The lowest BCUT2D eigenvalue weighted by Gasteiger charge is -2.04. The Hall–Kier alpha value is -2.66. The zero-order valence-electron chi connectivity index (χ0n) is 10.9. The number of anilines is 1. The largest absolute Gasteiger partial charge is 0.459 e. The number of rotatable bonds is 4. The normalized spacial score (nSPS) is 10.3. The number of amides is 1. The van der Waals surface area contributed by atoms with Crippen LogP contribution < -0.4 is 5.32 Å². The quantitative estimate of drug-likeness (QED) is 0.745. The summed E-state index contributed by atoms with van der Waals surface area (Å²) in [5.41, 5.74) is 1.20. The minimum Gasteiger partial charge on any atom is -0.459 e. The Kier molecular flexibility index (Phi) is 3.66. The van der Waals surface area contributed by atoms with E-state index in [-0.39, 0.29) is 17.5 Å². The first-order valence-corrected chi connectivity index (χ1v) is 7.15. The second-order valence-electron chi connectivity index (χ2n) is 4.32. The van der Waals surface area contributed by atoms with Crippen LogP contribution in [0.4, 0.5) is 5.69 Å². The van der Waals surface area contributed by atoms with Gasteiger partial charge in [0.25, 0.3) is 5.91 Å². The van der Waals surface area contributed by atoms with Crippen LogP contribution in [-0.2, 0) is 0 Å². The maximum Gasteiger partial charge on any atom is 0.291 e. The van der Waals surface area contributed by atoms with Crippen LogP contribution in [0.25, 0.3) is 0 Å². The average molecular weight is 297 g/mol. The van der Waals surface area contributed by atoms with Gasteiger partial charge >= 0.3 is 0 Å². The van der Waals surface area contributed by atoms with Crippen LogP contribution >= 0.6 is 11.3 Å². The predicted octanol–water partition coefficient (Wildman–Crippen LogP) is 3.82. The second kappa shape index (κ2) is 5.76. The average Bonchev–Trinajstić information content (AvgIpc) is 3.20. The minimum atomic E-state index is -0.322. The van der Waals surface area contributed by atoms with Crippen molar-refractivity contribution in [2.45, 2.75) is 0 Å². The molecule has 0 aliphatic rings. The van der Waals surface area contributed by atoms with Crippen molar-refractivity contribution in [3.8, 4) is 0 Å². The van der Waals surface area contributed by atoms with Crippen LogP contribution in [0, 0.1) is 0 Å². The van der Waals surface area contributed by atoms with Gasteiger partial charge in [0.2, 0.25) is 5.78 Å². The van der Waals surface area contributed by atoms with E-state index < -0.39 is 0 Å². The van der Waals surface area contributed by atoms with Crippen LogP contribution in [-0.4, -0.2) is 11.7 Å². The summed E-state index contributed by atoms with van der Waals surface area (Å²) >= 11 is 1.41. The molecule has 0 unspecified atom stereocenters. The van der Waals surface area contributed by atoms with Gasteiger partial charge in [-0.2, -0.15) is 0 Å². The molecule has 104 valence electrons. The summed E-state index contributed by atoms with van der Waals surface area (Å²) in [4.78, 5) is 24.6. The summed E-state index contributed by atoms with van der Waals surface area (Å²) in [6.45, 7) is 0. The summed E-state index contributed by atoms with van der Waals surface area (Å²) in [6, 6.07) is 13.7. The molecule has 5 heteroatoms. The monoisotopic (exact) mass is 297 g/mol. The number of nitrogens with one attached hydrogen (secondary N) is 1. The predicted molar refractivity (Wildman–Crippen MR) is 80.9 cm³/mol. The highest BCUT2D eigenvalue weighted by atomic mass is 32.1. The number of hydrogen-bond acceptors (Lipinski definition) is 4. The van der Waals surface area contributed by atoms with Crippen LogP contribution in [0.15, 0.2) is 64.6 Å². The van der Waals surface area contributed by atoms with E-state index in [0.717, 1.165) is 0 Å². The first kappa shape index (κ1) is 13.3. The van der Waals surface area contributed by atoms with Crippen LogP contribution in [0.1, 0.15) is 25.8 Å². The van der Waals surface area contributed by atoms with E-state index in [4.69, 9.17) is 4.42 Å². The maximum atomic E-state index is 12.1. The molecule has 0 saturated carbocycles. The number of ketones is 1. The molecule has 0 radical (unpaired) electrons. The van der Waals surface area contributed by atoms with E-state index in [1.165, 1.54) is 17.6 Å². The van der Waals surface area contributed by atoms with Crippen molar-refractivity contribution >= 4 is 28.7 Å². The third-order valence-electron chi connectivity index (χ3n) is 2.89. The smallest absolute Gasteiger partial charge is 0.291 e. The highest BCUT2D eigenvalue weighted by Crippen LogP contribution is 2.17. The molecule has 2 aromatic heterocycles. The fraction of sp³-hybridized carbons (Fsp3) is 0. The molecule has 1 N–H and O–H groups in total. The Morgan fingerprint density at radius 1 is 1.00 bits per heavy atom. The molecule has 0 fully saturated rings. The van der Waals surface area contributed by atoms with Crippen molar-refractivity contribution in [1.29, 1.82) is 0 Å². The van der Waals surface area contributed by atoms with Crippen LogP contribution in [0.5, 0.6) is 0 Å². The molecule has 0 aliphatic carbocycles. The summed E-state index contributed by atoms with van der Waals surface area (Å²) in [5.74, 6) is -0.0972. The van der Waals surface area contributed by atoms with Gasteiger partial charge in [-0.15, -0.1) is 11.3 Å². The SMILES string of the molecule is O=C(Nc1ccc(C(=O)c2cccs2)cc1)c1ccco1. The van der Waals surface area contributed by atoms with Gasteiger partial charge in [-0.3, -0.25) is 9.59 Å². The van der Waals surface area contributed by atoms with Crippen molar-refractivity contribution in [3.05, 3.63) is 76.4 Å². The molecule has 1 aromatic carbocycles. The number of carbonyl (C=O) groups is 2. The second-order valence-corrected chi connectivity index (χ2v) is 5.26. The zero-order chi connectivity index (χ0) is 14.7. The Balaban J connectivity index is 1.72. The lowest BCUT2D eigenvalue weighted by atomic mass is 10.1. The molecule has 4 nitrogen and oxygen atoms in total. The Labute approximate surface area is 125 Å². The summed E-state index contributed by atoms with van der Waals surface area (Å²) in [7, 11) is 0. The van der Waals surface area contributed by atoms with Gasteiger partial charge < -0.3 is 9.73 Å². The molecule has 2 heterocycles. The number of benzene rings is 1. The summed E-state index contributed by atoms with van der Waals surface area (Å²) < 4.78 is 5.01. The Bertz CT molecular complexity index is 743. The van der Waals surface area contributed by atoms with Crippen molar-refractivity contribution in [2.75, 3.05) is 5.32 Å². The van der Waals surface area contributed by atoms with E-state index in [2.05, 4.69) is 5.32 Å². The zero-order valence-corrected chi connectivity index (χ0v) is 11.7. The maximum absolute atomic E-state index is 12.1. The third-order valence-corrected chi connectivity index (χ3v) is 3.76. The van der Waals surface area contributed by atoms with Gasteiger partial charge in [0, 0.05) is 11.3 Å². The van der Waals surface area contributed by atoms with Gasteiger partial charge in [-0.25, -0.2) is 0 Å². The summed E-state index contributed by atoms with van der Waals surface area (Å²) in [5, 5.41) is 4.57. The molecule has 0 aliphatic heterocycles. The number of furan rings is 1. The Morgan fingerprint density at radius 2 is 1.81 bits per heavy atom. The molecule has 3 aromatic rings. The van der Waals surface area contributed by atoms with Crippen molar-refractivity contribution in [3.63, 3.8) is 0 Å². The fourth-order valence-corrected chi connectivity index (χ4v) is 2.54. The van der Waals surface area contributed by atoms with Gasteiger partial charge in [0.1, 0.15) is 0 Å². The van der Waals surface area contributed by atoms with Crippen molar-refractivity contribution < 1.29 is 14.0 Å². The third kappa shape index (κ3) is 2.93. The minimum absolute atomic E-state index is 0.0195. The van der Waals surface area contributed by atoms with Crippen molar-refractivity contribution in [2.24, 2.45) is 0 Å². The first-order chi connectivity index (χ1) is 10.2. The highest BCUT2D eigenvalue weighted by molar-refractivity contribution is 7.12. The molecule has 3 rings (SSSR count). The fourth-order valence-electron chi connectivity index (χ4n) is 1.86. The molecule has 0 saturated heterocycles. The first-order valence-electron chi connectivity index (χ1n) is 6.27. The van der Waals surface area contributed by atoms with Crippen LogP contribution in [0.2, 0.25) is 0 Å². The lowest BCUT2D eigenvalue weighted by molar-refractivity contribution is 0.0995. The van der Waals surface area contributed by atoms with Gasteiger partial charge in [0.05, 0.1) is 11.1 Å². The molecular weight excluding hydrogens is 286 g/mol. The van der Waals surface area contributed by atoms with E-state index in [1.54, 1.807) is 42.5 Å². The van der Waals surface area contributed by atoms with Gasteiger partial charge in [-0.1, -0.05) is 6.07 Å². The van der Waals surface area contributed by atoms with E-state index in [1.807, 2.05) is 11.4 Å². The molecule has 0 spiro atoms. The van der Waals surface area contributed by atoms with E-state index in [9.17, 15) is 9.59 Å². The number of hydrogen-bond donors (Lipinski definition) is 1. The number of carbonyl (C=O) groups excluding carboxylic acids is 2. The molecule has 21 heavy (non-hydrogen) atoms. The van der Waals surface area contributed by atoms with Gasteiger partial charge in [0.15, 0.2) is 5.76 Å². The van der Waals surface area contributed by atoms with E-state index in [0.29, 0.717) is 16.1 Å². The molecule has 0 bridgehead atoms. The number of thiophene rings is 1. The molecule has 1 amide bonds. The lowest BCUT2D eigenvalue weighted by Crippen LogP contribution is -2.10. The van der Waals surface area contributed by atoms with Gasteiger partial charge in [-0.05, 0) is 47.8 Å². The van der Waals surface area contributed by atoms with Crippen LogP contribution in [0.3, 0.4) is 0 Å². The Morgan fingerprint density at radius 3 is 2.43 bits per heavy atom.